The molecular formula is C19H20ClFN2O4. The number of hydrogen-bond acceptors (Lipinski definition) is 5. The molecule has 0 bridgehead atoms. The maximum Gasteiger partial charge on any atom is 0.238 e. The lowest BCUT2D eigenvalue weighted by Gasteiger charge is -2.23. The third-order valence-corrected chi connectivity index (χ3v) is 4.28. The van der Waals surface area contributed by atoms with Crippen LogP contribution in [0, 0.1) is 5.82 Å². The lowest BCUT2D eigenvalue weighted by atomic mass is 10.1. The van der Waals surface area contributed by atoms with Crippen LogP contribution >= 0.6 is 11.6 Å². The molecule has 0 saturated carbocycles. The zero-order valence-corrected chi connectivity index (χ0v) is 15.8. The number of benzene rings is 2. The number of hydrogen-bond donors (Lipinski definition) is 1. The molecule has 1 heterocycles. The van der Waals surface area contributed by atoms with Crippen molar-refractivity contribution < 1.29 is 23.4 Å². The number of rotatable bonds is 6. The van der Waals surface area contributed by atoms with Crippen LogP contribution in [0.3, 0.4) is 0 Å². The molecule has 0 atom stereocenters. The third kappa shape index (κ3) is 4.88. The SMILES string of the molecule is COc1ccc(Cl)cc1NC(=O)CN(C)Cc1cc(F)cc2c1OCOC2. The predicted octanol–water partition coefficient (Wildman–Crippen LogP) is 3.42. The number of amides is 1. The van der Waals surface area contributed by atoms with Gasteiger partial charge in [0.15, 0.2) is 6.79 Å². The van der Waals surface area contributed by atoms with Gasteiger partial charge >= 0.3 is 0 Å². The molecule has 1 amide bonds. The standard InChI is InChI=1S/C19H20ClFN2O4/c1-23(8-12-5-15(21)6-13-10-26-11-27-19(12)13)9-18(24)22-16-7-14(20)3-4-17(16)25-2/h3-7H,8-11H2,1-2H3,(H,22,24). The summed E-state index contributed by atoms with van der Waals surface area (Å²) >= 11 is 5.98. The molecule has 1 aliphatic rings. The largest absolute Gasteiger partial charge is 0.495 e. The fourth-order valence-electron chi connectivity index (χ4n) is 2.93. The van der Waals surface area contributed by atoms with E-state index in [-0.39, 0.29) is 25.1 Å². The van der Waals surface area contributed by atoms with E-state index < -0.39 is 0 Å². The predicted molar refractivity (Wildman–Crippen MR) is 99.7 cm³/mol. The summed E-state index contributed by atoms with van der Waals surface area (Å²) in [6.07, 6.45) is 0. The summed E-state index contributed by atoms with van der Waals surface area (Å²) in [6.45, 7) is 0.876. The first-order valence-corrected chi connectivity index (χ1v) is 8.68. The summed E-state index contributed by atoms with van der Waals surface area (Å²) in [5, 5.41) is 3.27. The zero-order valence-electron chi connectivity index (χ0n) is 15.1. The van der Waals surface area contributed by atoms with Gasteiger partial charge in [0, 0.05) is 22.7 Å². The van der Waals surface area contributed by atoms with E-state index >= 15 is 0 Å². The number of anilines is 1. The van der Waals surface area contributed by atoms with Gasteiger partial charge in [-0.25, -0.2) is 4.39 Å². The van der Waals surface area contributed by atoms with Gasteiger partial charge < -0.3 is 19.5 Å². The van der Waals surface area contributed by atoms with Gasteiger partial charge in [0.1, 0.15) is 17.3 Å². The summed E-state index contributed by atoms with van der Waals surface area (Å²) in [5.74, 6) is 0.529. The molecule has 0 unspecified atom stereocenters. The van der Waals surface area contributed by atoms with E-state index in [9.17, 15) is 9.18 Å². The highest BCUT2D eigenvalue weighted by Gasteiger charge is 2.19. The molecule has 2 aromatic carbocycles. The summed E-state index contributed by atoms with van der Waals surface area (Å²) in [6, 6.07) is 7.79. The highest BCUT2D eigenvalue weighted by Crippen LogP contribution is 2.30. The lowest BCUT2D eigenvalue weighted by molar-refractivity contribution is -0.117. The molecule has 0 saturated heterocycles. The van der Waals surface area contributed by atoms with Gasteiger partial charge in [-0.1, -0.05) is 11.6 Å². The van der Waals surface area contributed by atoms with Gasteiger partial charge in [-0.15, -0.1) is 0 Å². The molecule has 1 N–H and O–H groups in total. The van der Waals surface area contributed by atoms with E-state index in [4.69, 9.17) is 25.8 Å². The van der Waals surface area contributed by atoms with Crippen molar-refractivity contribution in [3.8, 4) is 11.5 Å². The molecule has 3 rings (SSSR count). The number of nitrogens with one attached hydrogen (secondary N) is 1. The number of carbonyl (C=O) groups is 1. The first kappa shape index (κ1) is 19.4. The van der Waals surface area contributed by atoms with E-state index in [0.29, 0.717) is 46.5 Å². The minimum atomic E-state index is -0.362. The quantitative estimate of drug-likeness (QED) is 0.813. The van der Waals surface area contributed by atoms with Crippen molar-refractivity contribution in [2.75, 3.05) is 32.8 Å². The van der Waals surface area contributed by atoms with Crippen molar-refractivity contribution in [3.63, 3.8) is 0 Å². The maximum absolute atomic E-state index is 13.8. The van der Waals surface area contributed by atoms with Gasteiger partial charge in [0.2, 0.25) is 5.91 Å². The van der Waals surface area contributed by atoms with Crippen molar-refractivity contribution in [1.82, 2.24) is 4.90 Å². The van der Waals surface area contributed by atoms with Crippen LogP contribution in [0.5, 0.6) is 11.5 Å². The van der Waals surface area contributed by atoms with Gasteiger partial charge in [0.25, 0.3) is 0 Å². The molecule has 0 fully saturated rings. The Morgan fingerprint density at radius 2 is 2.19 bits per heavy atom. The lowest BCUT2D eigenvalue weighted by Crippen LogP contribution is -2.30. The Kier molecular flexibility index (Phi) is 6.15. The number of ether oxygens (including phenoxy) is 3. The maximum atomic E-state index is 13.8. The van der Waals surface area contributed by atoms with Gasteiger partial charge in [0.05, 0.1) is 25.9 Å². The molecule has 144 valence electrons. The fourth-order valence-corrected chi connectivity index (χ4v) is 3.11. The van der Waals surface area contributed by atoms with Gasteiger partial charge in [-0.2, -0.15) is 0 Å². The number of likely N-dealkylation sites (N-methyl/N-ethyl adjacent to an activating group) is 1. The molecular weight excluding hydrogens is 375 g/mol. The average Bonchev–Trinajstić information content (AvgIpc) is 2.61. The summed E-state index contributed by atoms with van der Waals surface area (Å²) in [5.41, 5.74) is 1.83. The monoisotopic (exact) mass is 394 g/mol. The van der Waals surface area contributed by atoms with Crippen LogP contribution in [0.1, 0.15) is 11.1 Å². The first-order valence-electron chi connectivity index (χ1n) is 8.30. The number of carbonyl (C=O) groups excluding carboxylic acids is 1. The fraction of sp³-hybridized carbons (Fsp3) is 0.316. The minimum Gasteiger partial charge on any atom is -0.495 e. The van der Waals surface area contributed by atoms with Crippen molar-refractivity contribution in [1.29, 1.82) is 0 Å². The summed E-state index contributed by atoms with van der Waals surface area (Å²) in [7, 11) is 3.28. The number of fused-ring (bicyclic) bond motifs is 1. The van der Waals surface area contributed by atoms with Crippen LogP contribution in [0.25, 0.3) is 0 Å². The molecule has 6 nitrogen and oxygen atoms in total. The zero-order chi connectivity index (χ0) is 19.4. The van der Waals surface area contributed by atoms with Crippen molar-refractivity contribution >= 4 is 23.2 Å². The van der Waals surface area contributed by atoms with Crippen LogP contribution in [0.15, 0.2) is 30.3 Å². The number of nitrogens with zero attached hydrogens (tertiary/aromatic N) is 1. The molecule has 27 heavy (non-hydrogen) atoms. The van der Waals surface area contributed by atoms with E-state index in [1.54, 1.807) is 30.1 Å². The van der Waals surface area contributed by atoms with Crippen molar-refractivity contribution in [2.24, 2.45) is 0 Å². The topological polar surface area (TPSA) is 60.0 Å². The second kappa shape index (κ2) is 8.56. The van der Waals surface area contributed by atoms with Gasteiger partial charge in [-0.05, 0) is 37.4 Å². The molecule has 1 aliphatic heterocycles. The van der Waals surface area contributed by atoms with E-state index in [1.807, 2.05) is 0 Å². The second-order valence-corrected chi connectivity index (χ2v) is 6.67. The molecule has 0 aromatic heterocycles. The Morgan fingerprint density at radius 3 is 2.96 bits per heavy atom. The average molecular weight is 395 g/mol. The van der Waals surface area contributed by atoms with E-state index in [0.717, 1.165) is 0 Å². The number of halogens is 2. The third-order valence-electron chi connectivity index (χ3n) is 4.04. The molecule has 0 aliphatic carbocycles. The highest BCUT2D eigenvalue weighted by molar-refractivity contribution is 6.31. The Hall–Kier alpha value is -2.35. The van der Waals surface area contributed by atoms with Crippen LogP contribution in [0.2, 0.25) is 5.02 Å². The minimum absolute atomic E-state index is 0.0947. The van der Waals surface area contributed by atoms with Crippen molar-refractivity contribution in [3.05, 3.63) is 52.3 Å². The Bertz CT molecular complexity index is 847. The highest BCUT2D eigenvalue weighted by atomic mass is 35.5. The van der Waals surface area contributed by atoms with Crippen LogP contribution in [-0.4, -0.2) is 38.3 Å². The van der Waals surface area contributed by atoms with E-state index in [2.05, 4.69) is 5.32 Å². The second-order valence-electron chi connectivity index (χ2n) is 6.23. The Balaban J connectivity index is 1.66. The van der Waals surface area contributed by atoms with Crippen LogP contribution in [0.4, 0.5) is 10.1 Å². The van der Waals surface area contributed by atoms with Crippen LogP contribution in [-0.2, 0) is 22.7 Å². The first-order chi connectivity index (χ1) is 13.0. The normalized spacial score (nSPS) is 13.1. The summed E-state index contributed by atoms with van der Waals surface area (Å²) in [4.78, 5) is 14.1. The van der Waals surface area contributed by atoms with Crippen LogP contribution < -0.4 is 14.8 Å². The molecule has 2 aromatic rings. The van der Waals surface area contributed by atoms with E-state index in [1.165, 1.54) is 19.2 Å². The summed E-state index contributed by atoms with van der Waals surface area (Å²) < 4.78 is 29.8. The Morgan fingerprint density at radius 1 is 1.37 bits per heavy atom. The Labute approximate surface area is 161 Å². The smallest absolute Gasteiger partial charge is 0.238 e. The molecule has 0 radical (unpaired) electrons. The van der Waals surface area contributed by atoms with Crippen molar-refractivity contribution in [2.45, 2.75) is 13.2 Å². The molecule has 8 heteroatoms. The number of methoxy groups -OCH3 is 1. The van der Waals surface area contributed by atoms with Gasteiger partial charge in [-0.3, -0.25) is 9.69 Å². The molecule has 0 spiro atoms.